The van der Waals surface area contributed by atoms with Crippen molar-refractivity contribution in [1.82, 2.24) is 15.1 Å². The molecule has 0 saturated carbocycles. The largest absolute Gasteiger partial charge is 0.380 e. The van der Waals surface area contributed by atoms with E-state index >= 15 is 0 Å². The first-order valence-corrected chi connectivity index (χ1v) is 10.7. The van der Waals surface area contributed by atoms with Gasteiger partial charge in [-0.3, -0.25) is 19.7 Å². The summed E-state index contributed by atoms with van der Waals surface area (Å²) in [7, 11) is 4.20. The van der Waals surface area contributed by atoms with Gasteiger partial charge in [0, 0.05) is 30.3 Å². The van der Waals surface area contributed by atoms with E-state index in [0.717, 1.165) is 17.7 Å². The fourth-order valence-electron chi connectivity index (χ4n) is 5.22. The van der Waals surface area contributed by atoms with Crippen LogP contribution in [0, 0.1) is 0 Å². The van der Waals surface area contributed by atoms with E-state index in [-0.39, 0.29) is 36.2 Å². The standard InChI is InChI=1S/C24H26N4O3/c1-27(2)22-17-6-4-3-5-14(17)12-19(22)25-16-7-8-18-15(11-16)13-28(24(18)31)20-9-10-21(29)26-23(20)30/h3-8,11,19-20,22,25H,9-10,12-13H2,1-2H3,(H,26,29,30)/t19-,20?,22-/m0/s1. The van der Waals surface area contributed by atoms with Crippen molar-refractivity contribution < 1.29 is 14.4 Å². The van der Waals surface area contributed by atoms with Crippen LogP contribution < -0.4 is 10.6 Å². The monoisotopic (exact) mass is 418 g/mol. The second kappa shape index (κ2) is 7.50. The van der Waals surface area contributed by atoms with Gasteiger partial charge in [0.1, 0.15) is 6.04 Å². The topological polar surface area (TPSA) is 81.8 Å². The molecule has 3 amide bonds. The maximum absolute atomic E-state index is 12.9. The average Bonchev–Trinajstić information content (AvgIpc) is 3.25. The number of carbonyl (C=O) groups is 3. The minimum absolute atomic E-state index is 0.143. The fraction of sp³-hybridized carbons (Fsp3) is 0.375. The van der Waals surface area contributed by atoms with Crippen LogP contribution in [0.3, 0.4) is 0 Å². The fourth-order valence-corrected chi connectivity index (χ4v) is 5.22. The summed E-state index contributed by atoms with van der Waals surface area (Å²) in [5, 5.41) is 6.03. The zero-order valence-electron chi connectivity index (χ0n) is 17.7. The molecule has 0 spiro atoms. The van der Waals surface area contributed by atoms with Crippen LogP contribution in [0.5, 0.6) is 0 Å². The summed E-state index contributed by atoms with van der Waals surface area (Å²) < 4.78 is 0. The Bertz CT molecular complexity index is 1080. The highest BCUT2D eigenvalue weighted by Crippen LogP contribution is 2.37. The van der Waals surface area contributed by atoms with Gasteiger partial charge in [0.2, 0.25) is 11.8 Å². The van der Waals surface area contributed by atoms with Crippen LogP contribution in [0.1, 0.15) is 45.9 Å². The second-order valence-electron chi connectivity index (χ2n) is 8.83. The average molecular weight is 418 g/mol. The molecular formula is C24H26N4O3. The van der Waals surface area contributed by atoms with E-state index in [1.54, 1.807) is 4.90 Å². The predicted octanol–water partition coefficient (Wildman–Crippen LogP) is 2.09. The lowest BCUT2D eigenvalue weighted by Gasteiger charge is -2.29. The number of fused-ring (bicyclic) bond motifs is 2. The first-order valence-electron chi connectivity index (χ1n) is 10.7. The van der Waals surface area contributed by atoms with Gasteiger partial charge >= 0.3 is 0 Å². The summed E-state index contributed by atoms with van der Waals surface area (Å²) >= 11 is 0. The highest BCUT2D eigenvalue weighted by atomic mass is 16.2. The van der Waals surface area contributed by atoms with E-state index in [9.17, 15) is 14.4 Å². The molecule has 3 atom stereocenters. The molecule has 160 valence electrons. The van der Waals surface area contributed by atoms with Gasteiger partial charge in [0.05, 0.1) is 6.04 Å². The van der Waals surface area contributed by atoms with Crippen molar-refractivity contribution in [2.24, 2.45) is 0 Å². The highest BCUT2D eigenvalue weighted by Gasteiger charge is 2.39. The molecule has 0 bridgehead atoms. The molecule has 1 aliphatic carbocycles. The minimum Gasteiger partial charge on any atom is -0.380 e. The van der Waals surface area contributed by atoms with Gasteiger partial charge in [-0.05, 0) is 61.8 Å². The molecule has 2 aliphatic heterocycles. The number of anilines is 1. The second-order valence-corrected chi connectivity index (χ2v) is 8.83. The van der Waals surface area contributed by atoms with Crippen LogP contribution in [-0.2, 0) is 22.6 Å². The van der Waals surface area contributed by atoms with Crippen molar-refractivity contribution in [3.63, 3.8) is 0 Å². The summed E-state index contributed by atoms with van der Waals surface area (Å²) in [4.78, 5) is 40.4. The number of imide groups is 1. The number of hydrogen-bond acceptors (Lipinski definition) is 5. The number of piperidine rings is 1. The molecule has 0 aromatic heterocycles. The van der Waals surface area contributed by atoms with E-state index in [2.05, 4.69) is 53.9 Å². The van der Waals surface area contributed by atoms with Crippen LogP contribution in [-0.4, -0.2) is 53.7 Å². The number of nitrogens with one attached hydrogen (secondary N) is 2. The molecule has 1 fully saturated rings. The lowest BCUT2D eigenvalue weighted by atomic mass is 10.0. The molecule has 0 radical (unpaired) electrons. The molecule has 5 rings (SSSR count). The third-order valence-electron chi connectivity index (χ3n) is 6.63. The number of likely N-dealkylation sites (N-methyl/N-ethyl adjacent to an activating group) is 1. The van der Waals surface area contributed by atoms with Crippen molar-refractivity contribution in [3.05, 3.63) is 64.7 Å². The quantitative estimate of drug-likeness (QED) is 0.743. The van der Waals surface area contributed by atoms with Crippen LogP contribution in [0.2, 0.25) is 0 Å². The summed E-state index contributed by atoms with van der Waals surface area (Å²) in [6.07, 6.45) is 1.58. The third kappa shape index (κ3) is 3.39. The lowest BCUT2D eigenvalue weighted by Crippen LogP contribution is -2.52. The number of nitrogens with zero attached hydrogens (tertiary/aromatic N) is 2. The van der Waals surface area contributed by atoms with Crippen molar-refractivity contribution >= 4 is 23.4 Å². The van der Waals surface area contributed by atoms with E-state index in [4.69, 9.17) is 0 Å². The smallest absolute Gasteiger partial charge is 0.255 e. The molecule has 2 aromatic rings. The molecule has 31 heavy (non-hydrogen) atoms. The van der Waals surface area contributed by atoms with Crippen LogP contribution in [0.4, 0.5) is 5.69 Å². The lowest BCUT2D eigenvalue weighted by molar-refractivity contribution is -0.136. The van der Waals surface area contributed by atoms with E-state index in [0.29, 0.717) is 18.5 Å². The molecular weight excluding hydrogens is 392 g/mol. The van der Waals surface area contributed by atoms with Crippen molar-refractivity contribution in [2.75, 3.05) is 19.4 Å². The molecule has 3 aliphatic rings. The Morgan fingerprint density at radius 1 is 1.06 bits per heavy atom. The Kier molecular flexibility index (Phi) is 4.78. The Balaban J connectivity index is 1.35. The maximum Gasteiger partial charge on any atom is 0.255 e. The zero-order valence-corrected chi connectivity index (χ0v) is 17.7. The van der Waals surface area contributed by atoms with Gasteiger partial charge in [0.25, 0.3) is 5.91 Å². The minimum atomic E-state index is -0.587. The van der Waals surface area contributed by atoms with Crippen molar-refractivity contribution in [3.8, 4) is 0 Å². The van der Waals surface area contributed by atoms with Gasteiger partial charge in [-0.2, -0.15) is 0 Å². The molecule has 1 unspecified atom stereocenters. The van der Waals surface area contributed by atoms with Gasteiger partial charge in [-0.1, -0.05) is 24.3 Å². The van der Waals surface area contributed by atoms with E-state index in [1.807, 2.05) is 18.2 Å². The summed E-state index contributed by atoms with van der Waals surface area (Å²) in [5.41, 5.74) is 5.23. The first kappa shape index (κ1) is 19.8. The van der Waals surface area contributed by atoms with Crippen LogP contribution >= 0.6 is 0 Å². The predicted molar refractivity (Wildman–Crippen MR) is 116 cm³/mol. The molecule has 1 saturated heterocycles. The first-order chi connectivity index (χ1) is 14.9. The molecule has 7 nitrogen and oxygen atoms in total. The molecule has 2 aromatic carbocycles. The van der Waals surface area contributed by atoms with Crippen molar-refractivity contribution in [1.29, 1.82) is 0 Å². The Labute approximate surface area is 181 Å². The Morgan fingerprint density at radius 3 is 2.65 bits per heavy atom. The summed E-state index contributed by atoms with van der Waals surface area (Å²) in [5.74, 6) is -0.798. The van der Waals surface area contributed by atoms with E-state index < -0.39 is 6.04 Å². The summed E-state index contributed by atoms with van der Waals surface area (Å²) in [6, 6.07) is 14.3. The highest BCUT2D eigenvalue weighted by molar-refractivity contribution is 6.05. The third-order valence-corrected chi connectivity index (χ3v) is 6.63. The Hall–Kier alpha value is -3.19. The van der Waals surface area contributed by atoms with Crippen molar-refractivity contribution in [2.45, 2.75) is 43.9 Å². The maximum atomic E-state index is 12.9. The summed E-state index contributed by atoms with van der Waals surface area (Å²) in [6.45, 7) is 0.387. The number of rotatable bonds is 4. The Morgan fingerprint density at radius 2 is 1.87 bits per heavy atom. The molecule has 7 heteroatoms. The van der Waals surface area contributed by atoms with E-state index in [1.165, 1.54) is 11.1 Å². The number of hydrogen-bond donors (Lipinski definition) is 2. The molecule has 2 heterocycles. The van der Waals surface area contributed by atoms with Gasteiger partial charge in [0.15, 0.2) is 0 Å². The van der Waals surface area contributed by atoms with Gasteiger partial charge in [-0.15, -0.1) is 0 Å². The SMILES string of the molecule is CN(C)[C@H]1c2ccccc2C[C@@H]1Nc1ccc2c(c1)CN(C1CCC(=O)NC1=O)C2=O. The normalized spacial score (nSPS) is 24.9. The number of carbonyl (C=O) groups excluding carboxylic acids is 3. The number of benzene rings is 2. The van der Waals surface area contributed by atoms with Gasteiger partial charge < -0.3 is 15.1 Å². The van der Waals surface area contributed by atoms with Crippen LogP contribution in [0.25, 0.3) is 0 Å². The number of amides is 3. The molecule has 2 N–H and O–H groups in total. The van der Waals surface area contributed by atoms with Crippen LogP contribution in [0.15, 0.2) is 42.5 Å². The zero-order chi connectivity index (χ0) is 21.7. The van der Waals surface area contributed by atoms with Gasteiger partial charge in [-0.25, -0.2) is 0 Å².